The summed E-state index contributed by atoms with van der Waals surface area (Å²) in [4.78, 5) is 28.9. The predicted octanol–water partition coefficient (Wildman–Crippen LogP) is 1.28. The average molecular weight is 418 g/mol. The highest BCUT2D eigenvalue weighted by molar-refractivity contribution is 7.19. The number of fused-ring (bicyclic) bond motifs is 3. The van der Waals surface area contributed by atoms with E-state index in [-0.39, 0.29) is 18.0 Å². The normalized spacial score (nSPS) is 15.4. The summed E-state index contributed by atoms with van der Waals surface area (Å²) in [6.07, 6.45) is 1.65. The molecular weight excluding hydrogens is 390 g/mol. The van der Waals surface area contributed by atoms with Crippen molar-refractivity contribution in [2.45, 2.75) is 33.2 Å². The number of thiophene rings is 1. The molecule has 4 heterocycles. The number of morpholine rings is 1. The molecule has 0 atom stereocenters. The number of rotatable bonds is 7. The van der Waals surface area contributed by atoms with Crippen LogP contribution in [0.2, 0.25) is 0 Å². The molecule has 0 bridgehead atoms. The second kappa shape index (κ2) is 8.64. The van der Waals surface area contributed by atoms with Crippen molar-refractivity contribution in [2.75, 3.05) is 39.4 Å². The van der Waals surface area contributed by atoms with Gasteiger partial charge >= 0.3 is 0 Å². The second-order valence-corrected chi connectivity index (χ2v) is 8.39. The van der Waals surface area contributed by atoms with Crippen LogP contribution in [0.3, 0.4) is 0 Å². The Bertz CT molecular complexity index is 1080. The lowest BCUT2D eigenvalue weighted by molar-refractivity contribution is -0.122. The van der Waals surface area contributed by atoms with Crippen LogP contribution in [0.4, 0.5) is 0 Å². The van der Waals surface area contributed by atoms with Crippen LogP contribution in [0, 0.1) is 0 Å². The lowest BCUT2D eigenvalue weighted by Gasteiger charge is -2.26. The van der Waals surface area contributed by atoms with Crippen LogP contribution in [0.25, 0.3) is 15.7 Å². The Morgan fingerprint density at radius 1 is 1.21 bits per heavy atom. The number of amides is 1. The van der Waals surface area contributed by atoms with Gasteiger partial charge in [0.05, 0.1) is 23.4 Å². The summed E-state index contributed by atoms with van der Waals surface area (Å²) in [5.41, 5.74) is 1.39. The van der Waals surface area contributed by atoms with Gasteiger partial charge in [-0.2, -0.15) is 5.10 Å². The summed E-state index contributed by atoms with van der Waals surface area (Å²) < 4.78 is 9.65. The Labute approximate surface area is 173 Å². The molecule has 1 aliphatic rings. The number of nitrogens with one attached hydrogen (secondary N) is 1. The van der Waals surface area contributed by atoms with Crippen LogP contribution in [-0.2, 0) is 28.9 Å². The maximum Gasteiger partial charge on any atom is 0.291 e. The Morgan fingerprint density at radius 3 is 2.72 bits per heavy atom. The monoisotopic (exact) mass is 417 g/mol. The van der Waals surface area contributed by atoms with Gasteiger partial charge in [0.2, 0.25) is 5.91 Å². The zero-order valence-electron chi connectivity index (χ0n) is 16.9. The van der Waals surface area contributed by atoms with E-state index in [2.05, 4.69) is 28.3 Å². The molecule has 0 saturated carbocycles. The molecule has 0 unspecified atom stereocenters. The maximum absolute atomic E-state index is 13.0. The third-order valence-electron chi connectivity index (χ3n) is 5.30. The number of hydrogen-bond donors (Lipinski definition) is 1. The van der Waals surface area contributed by atoms with E-state index in [0.29, 0.717) is 18.5 Å². The Balaban J connectivity index is 1.51. The van der Waals surface area contributed by atoms with Crippen molar-refractivity contribution >= 4 is 33.0 Å². The molecule has 0 aromatic carbocycles. The molecule has 1 fully saturated rings. The Hall–Kier alpha value is -2.23. The molecule has 0 radical (unpaired) electrons. The fourth-order valence-electron chi connectivity index (χ4n) is 3.72. The fourth-order valence-corrected chi connectivity index (χ4v) is 4.74. The third kappa shape index (κ3) is 4.08. The lowest BCUT2D eigenvalue weighted by Crippen LogP contribution is -2.42. The van der Waals surface area contributed by atoms with Gasteiger partial charge in [-0.05, 0) is 18.6 Å². The van der Waals surface area contributed by atoms with E-state index in [1.165, 1.54) is 9.56 Å². The van der Waals surface area contributed by atoms with Gasteiger partial charge in [-0.25, -0.2) is 4.68 Å². The quantitative estimate of drug-likeness (QED) is 0.627. The molecular formula is C20H27N5O3S. The van der Waals surface area contributed by atoms with Gasteiger partial charge in [-0.1, -0.05) is 13.8 Å². The summed E-state index contributed by atoms with van der Waals surface area (Å²) in [6, 6.07) is 4.06. The minimum absolute atomic E-state index is 0.0650. The Morgan fingerprint density at radius 2 is 2.00 bits per heavy atom. The molecule has 8 nitrogen and oxygen atoms in total. The van der Waals surface area contributed by atoms with Crippen molar-refractivity contribution in [2.24, 2.45) is 0 Å². The van der Waals surface area contributed by atoms with E-state index in [0.717, 1.165) is 55.3 Å². The lowest BCUT2D eigenvalue weighted by atomic mass is 10.3. The number of ether oxygens (including phenoxy) is 1. The molecule has 0 spiro atoms. The van der Waals surface area contributed by atoms with E-state index in [1.807, 2.05) is 17.4 Å². The van der Waals surface area contributed by atoms with Crippen molar-refractivity contribution in [3.8, 4) is 0 Å². The maximum atomic E-state index is 13.0. The molecule has 156 valence electrons. The van der Waals surface area contributed by atoms with Gasteiger partial charge < -0.3 is 10.1 Å². The first kappa shape index (κ1) is 20.1. The topological polar surface area (TPSA) is 80.9 Å². The highest BCUT2D eigenvalue weighted by atomic mass is 32.1. The fraction of sp³-hybridized carbons (Fsp3) is 0.550. The first-order valence-corrected chi connectivity index (χ1v) is 11.0. The second-order valence-electron chi connectivity index (χ2n) is 7.22. The zero-order chi connectivity index (χ0) is 20.4. The van der Waals surface area contributed by atoms with Crippen LogP contribution in [-0.4, -0.2) is 64.4 Å². The van der Waals surface area contributed by atoms with Crippen LogP contribution in [0.1, 0.15) is 24.5 Å². The number of hydrogen-bond acceptors (Lipinski definition) is 6. The highest BCUT2D eigenvalue weighted by Gasteiger charge is 2.17. The number of nitrogens with zero attached hydrogens (tertiary/aromatic N) is 4. The minimum atomic E-state index is -0.230. The van der Waals surface area contributed by atoms with Crippen LogP contribution < -0.4 is 10.9 Å². The van der Waals surface area contributed by atoms with Crippen molar-refractivity contribution < 1.29 is 9.53 Å². The summed E-state index contributed by atoms with van der Waals surface area (Å²) in [5.74, 6) is 0.595. The molecule has 9 heteroatoms. The summed E-state index contributed by atoms with van der Waals surface area (Å²) in [6.45, 7) is 8.66. The Kier molecular flexibility index (Phi) is 5.98. The van der Waals surface area contributed by atoms with Crippen LogP contribution in [0.5, 0.6) is 0 Å². The first-order chi connectivity index (χ1) is 14.1. The first-order valence-electron chi connectivity index (χ1n) is 10.2. The highest BCUT2D eigenvalue weighted by Crippen LogP contribution is 2.29. The van der Waals surface area contributed by atoms with E-state index in [1.54, 1.807) is 11.3 Å². The summed E-state index contributed by atoms with van der Waals surface area (Å²) >= 11 is 1.71. The van der Waals surface area contributed by atoms with Crippen molar-refractivity contribution in [3.05, 3.63) is 33.2 Å². The molecule has 1 aliphatic heterocycles. The smallest absolute Gasteiger partial charge is 0.291 e. The predicted molar refractivity (Wildman–Crippen MR) is 114 cm³/mol. The van der Waals surface area contributed by atoms with Crippen LogP contribution in [0.15, 0.2) is 16.9 Å². The zero-order valence-corrected chi connectivity index (χ0v) is 17.8. The van der Waals surface area contributed by atoms with Crippen molar-refractivity contribution in [3.63, 3.8) is 0 Å². The number of carbonyl (C=O) groups is 1. The van der Waals surface area contributed by atoms with Gasteiger partial charge in [-0.15, -0.1) is 11.3 Å². The largest absolute Gasteiger partial charge is 0.379 e. The van der Waals surface area contributed by atoms with E-state index in [4.69, 9.17) is 4.74 Å². The van der Waals surface area contributed by atoms with E-state index >= 15 is 0 Å². The van der Waals surface area contributed by atoms with Gasteiger partial charge in [-0.3, -0.25) is 18.9 Å². The van der Waals surface area contributed by atoms with E-state index < -0.39 is 0 Å². The molecule has 1 amide bonds. The summed E-state index contributed by atoms with van der Waals surface area (Å²) in [7, 11) is 0. The van der Waals surface area contributed by atoms with Crippen LogP contribution >= 0.6 is 11.3 Å². The van der Waals surface area contributed by atoms with Crippen molar-refractivity contribution in [1.29, 1.82) is 0 Å². The molecule has 3 aromatic heterocycles. The van der Waals surface area contributed by atoms with Gasteiger partial charge in [0.1, 0.15) is 17.9 Å². The van der Waals surface area contributed by atoms with Gasteiger partial charge in [0.25, 0.3) is 5.56 Å². The molecule has 29 heavy (non-hydrogen) atoms. The molecule has 1 N–H and O–H groups in total. The third-order valence-corrected chi connectivity index (χ3v) is 6.52. The number of aromatic nitrogens is 3. The molecule has 1 saturated heterocycles. The molecule has 3 aromatic rings. The SMILES string of the molecule is CCc1cc2c(cc3c(=O)n(CC(=O)NCCN4CCOCC4)nc(CC)n32)s1. The van der Waals surface area contributed by atoms with Gasteiger partial charge in [0, 0.05) is 37.5 Å². The van der Waals surface area contributed by atoms with Crippen molar-refractivity contribution in [1.82, 2.24) is 24.4 Å². The van der Waals surface area contributed by atoms with Gasteiger partial charge in [0.15, 0.2) is 0 Å². The summed E-state index contributed by atoms with van der Waals surface area (Å²) in [5, 5.41) is 7.40. The average Bonchev–Trinajstić information content (AvgIpc) is 3.29. The minimum Gasteiger partial charge on any atom is -0.379 e. The number of aryl methyl sites for hydroxylation is 2. The molecule has 0 aliphatic carbocycles. The number of carbonyl (C=O) groups excluding carboxylic acids is 1. The van der Waals surface area contributed by atoms with E-state index in [9.17, 15) is 9.59 Å². The standard InChI is InChI=1S/C20H27N5O3S/c1-3-14-11-15-17(29-14)12-16-20(27)24(22-18(4-2)25(15)16)13-19(26)21-5-6-23-7-9-28-10-8-23/h11-12H,3-10,13H2,1-2H3,(H,21,26). The molecule has 4 rings (SSSR count).